The minimum Gasteiger partial charge on any atom is -0.497 e. The van der Waals surface area contributed by atoms with Crippen molar-refractivity contribution in [2.45, 2.75) is 11.8 Å². The number of nitrogens with zero attached hydrogens (tertiary/aromatic N) is 2. The molecule has 0 saturated heterocycles. The van der Waals surface area contributed by atoms with E-state index in [1.807, 2.05) is 0 Å². The predicted octanol–water partition coefficient (Wildman–Crippen LogP) is 2.87. The van der Waals surface area contributed by atoms with Crippen LogP contribution in [0.2, 0.25) is 5.02 Å². The van der Waals surface area contributed by atoms with Crippen molar-refractivity contribution >= 4 is 35.2 Å². The second kappa shape index (κ2) is 11.3. The Kier molecular flexibility index (Phi) is 8.17. The van der Waals surface area contributed by atoms with Crippen molar-refractivity contribution in [1.29, 1.82) is 0 Å². The minimum absolute atomic E-state index is 0.0542. The smallest absolute Gasteiger partial charge is 0.277 e. The van der Waals surface area contributed by atoms with E-state index in [-0.39, 0.29) is 29.0 Å². The summed E-state index contributed by atoms with van der Waals surface area (Å²) in [5.41, 5.74) is 4.90. The van der Waals surface area contributed by atoms with Crippen LogP contribution in [0.4, 0.5) is 0 Å². The van der Waals surface area contributed by atoms with Gasteiger partial charge in [-0.15, -0.1) is 10.2 Å². The minimum atomic E-state index is -0.528. The van der Waals surface area contributed by atoms with Gasteiger partial charge < -0.3 is 18.6 Å². The monoisotopic (exact) mass is 478 g/mol. The normalized spacial score (nSPS) is 10.3. The molecule has 168 valence electrons. The number of hydrogen-bond acceptors (Lipinski definition) is 9. The molecule has 2 amide bonds. The molecule has 12 heteroatoms. The van der Waals surface area contributed by atoms with Crippen LogP contribution in [0.3, 0.4) is 0 Å². The average molecular weight is 479 g/mol. The Morgan fingerprint density at radius 2 is 1.69 bits per heavy atom. The molecule has 1 heterocycles. The highest BCUT2D eigenvalue weighted by atomic mass is 35.5. The van der Waals surface area contributed by atoms with Gasteiger partial charge in [0.2, 0.25) is 5.91 Å². The maximum absolute atomic E-state index is 12.3. The molecule has 0 aliphatic heterocycles. The number of thioether (sulfide) groups is 1. The van der Waals surface area contributed by atoms with Crippen LogP contribution in [0.15, 0.2) is 52.1 Å². The number of aromatic nitrogens is 2. The van der Waals surface area contributed by atoms with Gasteiger partial charge in [0.25, 0.3) is 17.0 Å². The van der Waals surface area contributed by atoms with Crippen molar-refractivity contribution in [2.75, 3.05) is 20.0 Å². The molecule has 1 aromatic heterocycles. The summed E-state index contributed by atoms with van der Waals surface area (Å²) in [4.78, 5) is 24.3. The second-order valence-electron chi connectivity index (χ2n) is 6.10. The number of rotatable bonds is 9. The Balaban J connectivity index is 1.43. The van der Waals surface area contributed by atoms with Gasteiger partial charge in [0.05, 0.1) is 20.0 Å². The molecule has 0 aliphatic carbocycles. The van der Waals surface area contributed by atoms with Crippen molar-refractivity contribution < 1.29 is 28.2 Å². The molecule has 0 bridgehead atoms. The second-order valence-corrected chi connectivity index (χ2v) is 7.46. The number of halogens is 1. The summed E-state index contributed by atoms with van der Waals surface area (Å²) in [5, 5.41) is 8.50. The number of ether oxygens (including phenoxy) is 3. The van der Waals surface area contributed by atoms with Crippen LogP contribution < -0.4 is 25.1 Å². The molecule has 3 aromatic rings. The highest BCUT2D eigenvalue weighted by Gasteiger charge is 2.13. The van der Waals surface area contributed by atoms with Crippen LogP contribution >= 0.6 is 23.4 Å². The van der Waals surface area contributed by atoms with Gasteiger partial charge >= 0.3 is 0 Å². The van der Waals surface area contributed by atoms with Crippen LogP contribution in [0.25, 0.3) is 0 Å². The van der Waals surface area contributed by atoms with Crippen LogP contribution in [0.1, 0.15) is 16.2 Å². The van der Waals surface area contributed by atoms with E-state index >= 15 is 0 Å². The van der Waals surface area contributed by atoms with Crippen LogP contribution in [-0.4, -0.2) is 42.0 Å². The summed E-state index contributed by atoms with van der Waals surface area (Å²) in [5.74, 6) is 0.706. The zero-order chi connectivity index (χ0) is 22.9. The lowest BCUT2D eigenvalue weighted by Gasteiger charge is -2.09. The van der Waals surface area contributed by atoms with E-state index in [0.29, 0.717) is 22.3 Å². The van der Waals surface area contributed by atoms with Gasteiger partial charge in [-0.25, -0.2) is 0 Å². The van der Waals surface area contributed by atoms with E-state index in [1.54, 1.807) is 30.3 Å². The molecule has 0 unspecified atom stereocenters. The molecule has 2 aromatic carbocycles. The third-order valence-corrected chi connectivity index (χ3v) is 4.95. The Morgan fingerprint density at radius 1 is 1.00 bits per heavy atom. The largest absolute Gasteiger partial charge is 0.497 e. The third kappa shape index (κ3) is 6.79. The highest BCUT2D eigenvalue weighted by Crippen LogP contribution is 2.22. The zero-order valence-corrected chi connectivity index (χ0v) is 18.7. The summed E-state index contributed by atoms with van der Waals surface area (Å²) in [7, 11) is 2.95. The molecule has 32 heavy (non-hydrogen) atoms. The first-order chi connectivity index (χ1) is 15.5. The Labute approximate surface area is 192 Å². The van der Waals surface area contributed by atoms with Gasteiger partial charge in [-0.2, -0.15) is 0 Å². The van der Waals surface area contributed by atoms with E-state index in [2.05, 4.69) is 21.0 Å². The molecular weight excluding hydrogens is 460 g/mol. The van der Waals surface area contributed by atoms with Gasteiger partial charge in [0, 0.05) is 16.7 Å². The number of nitrogens with one attached hydrogen (secondary N) is 2. The lowest BCUT2D eigenvalue weighted by Crippen LogP contribution is -2.42. The fourth-order valence-corrected chi connectivity index (χ4v) is 3.04. The summed E-state index contributed by atoms with van der Waals surface area (Å²) in [6.07, 6.45) is 0. The van der Waals surface area contributed by atoms with Gasteiger partial charge in [-0.3, -0.25) is 20.4 Å². The maximum Gasteiger partial charge on any atom is 0.277 e. The van der Waals surface area contributed by atoms with Crippen molar-refractivity contribution in [1.82, 2.24) is 21.0 Å². The number of benzene rings is 2. The summed E-state index contributed by atoms with van der Waals surface area (Å²) in [6, 6.07) is 11.5. The number of amides is 2. The number of hydrazine groups is 1. The summed E-state index contributed by atoms with van der Waals surface area (Å²) < 4.78 is 21.2. The van der Waals surface area contributed by atoms with Crippen LogP contribution in [-0.2, 0) is 11.4 Å². The van der Waals surface area contributed by atoms with Crippen LogP contribution in [0.5, 0.6) is 17.2 Å². The average Bonchev–Trinajstić information content (AvgIpc) is 3.28. The lowest BCUT2D eigenvalue weighted by molar-refractivity contribution is -0.119. The quantitative estimate of drug-likeness (QED) is 0.352. The van der Waals surface area contributed by atoms with Crippen molar-refractivity contribution in [2.24, 2.45) is 0 Å². The molecule has 0 fully saturated rings. The van der Waals surface area contributed by atoms with E-state index in [9.17, 15) is 9.59 Å². The van der Waals surface area contributed by atoms with E-state index < -0.39 is 11.8 Å². The predicted molar refractivity (Wildman–Crippen MR) is 116 cm³/mol. The van der Waals surface area contributed by atoms with Gasteiger partial charge in [-0.05, 0) is 36.4 Å². The van der Waals surface area contributed by atoms with E-state index in [4.69, 9.17) is 30.2 Å². The van der Waals surface area contributed by atoms with Crippen LogP contribution in [0, 0.1) is 0 Å². The number of carbonyl (C=O) groups excluding carboxylic acids is 2. The SMILES string of the molecule is COc1cc(OC)cc(C(=O)NNC(=O)CSc2nnc(COc3ccc(Cl)cc3)o2)c1. The lowest BCUT2D eigenvalue weighted by atomic mass is 10.2. The van der Waals surface area contributed by atoms with Crippen molar-refractivity contribution in [3.63, 3.8) is 0 Å². The van der Waals surface area contributed by atoms with Crippen molar-refractivity contribution in [3.8, 4) is 17.2 Å². The summed E-state index contributed by atoms with van der Waals surface area (Å²) in [6.45, 7) is 0.0709. The van der Waals surface area contributed by atoms with Gasteiger partial charge in [0.15, 0.2) is 6.61 Å². The Hall–Kier alpha value is -3.44. The Morgan fingerprint density at radius 3 is 2.34 bits per heavy atom. The first-order valence-corrected chi connectivity index (χ1v) is 10.5. The number of carbonyl (C=O) groups is 2. The van der Waals surface area contributed by atoms with Crippen molar-refractivity contribution in [3.05, 3.63) is 58.9 Å². The van der Waals surface area contributed by atoms with Gasteiger partial charge in [0.1, 0.15) is 17.2 Å². The standard InChI is InChI=1S/C20H19ClN4O6S/c1-28-15-7-12(8-16(9-15)29-2)19(27)24-22-17(26)11-32-20-25-23-18(31-20)10-30-14-5-3-13(21)4-6-14/h3-9H,10-11H2,1-2H3,(H,22,26)(H,24,27). The molecular formula is C20H19ClN4O6S. The van der Waals surface area contributed by atoms with Gasteiger partial charge in [-0.1, -0.05) is 23.4 Å². The van der Waals surface area contributed by atoms with E-state index in [1.165, 1.54) is 26.4 Å². The topological polar surface area (TPSA) is 125 Å². The first-order valence-electron chi connectivity index (χ1n) is 9.12. The van der Waals surface area contributed by atoms with E-state index in [0.717, 1.165) is 11.8 Å². The fraction of sp³-hybridized carbons (Fsp3) is 0.200. The number of hydrogen-bond donors (Lipinski definition) is 2. The molecule has 0 radical (unpaired) electrons. The molecule has 10 nitrogen and oxygen atoms in total. The highest BCUT2D eigenvalue weighted by molar-refractivity contribution is 7.99. The molecule has 0 aliphatic rings. The zero-order valence-electron chi connectivity index (χ0n) is 17.1. The molecule has 0 atom stereocenters. The maximum atomic E-state index is 12.3. The fourth-order valence-electron chi connectivity index (χ4n) is 2.33. The summed E-state index contributed by atoms with van der Waals surface area (Å²) >= 11 is 6.84. The Bertz CT molecular complexity index is 1050. The molecule has 2 N–H and O–H groups in total. The molecule has 0 spiro atoms. The molecule has 0 saturated carbocycles. The first kappa shape index (κ1) is 23.2. The third-order valence-electron chi connectivity index (χ3n) is 3.88. The molecule has 3 rings (SSSR count). The number of methoxy groups -OCH3 is 2.